The van der Waals surface area contributed by atoms with Crippen molar-refractivity contribution in [2.24, 2.45) is 0 Å². The average Bonchev–Trinajstić information content (AvgIpc) is 2.80. The maximum atomic E-state index is 11.5. The Balaban J connectivity index is 2.16. The first-order valence-corrected chi connectivity index (χ1v) is 6.26. The molecule has 0 spiro atoms. The third-order valence-corrected chi connectivity index (χ3v) is 3.49. The van der Waals surface area contributed by atoms with Gasteiger partial charge in [-0.05, 0) is 30.5 Å². The van der Waals surface area contributed by atoms with Gasteiger partial charge < -0.3 is 15.2 Å². The first-order chi connectivity index (χ1) is 8.66. The lowest BCUT2D eigenvalue weighted by Gasteiger charge is -2.26. The van der Waals surface area contributed by atoms with E-state index in [4.69, 9.17) is 4.74 Å². The molecule has 1 aromatic carbocycles. The van der Waals surface area contributed by atoms with Crippen LogP contribution in [0.15, 0.2) is 24.3 Å². The van der Waals surface area contributed by atoms with Gasteiger partial charge in [0, 0.05) is 12.8 Å². The Kier molecular flexibility index (Phi) is 3.87. The molecule has 0 atom stereocenters. The molecule has 0 bridgehead atoms. The number of benzene rings is 1. The van der Waals surface area contributed by atoms with Gasteiger partial charge >= 0.3 is 5.97 Å². The molecule has 0 amide bonds. The fraction of sp³-hybridized carbons (Fsp3) is 0.500. The van der Waals surface area contributed by atoms with Gasteiger partial charge in [0.1, 0.15) is 5.54 Å². The molecular weight excluding hydrogens is 230 g/mol. The van der Waals surface area contributed by atoms with Crippen LogP contribution in [0.2, 0.25) is 0 Å². The van der Waals surface area contributed by atoms with E-state index in [9.17, 15) is 9.90 Å². The highest BCUT2D eigenvalue weighted by molar-refractivity contribution is 5.83. The van der Waals surface area contributed by atoms with E-state index in [0.717, 1.165) is 24.1 Å². The Labute approximate surface area is 107 Å². The standard InChI is InChI=1S/C14H19NO3/c1-18-10-11-5-4-6-12(9-11)15-14(13(16)17)7-2-3-8-14/h4-6,9,15H,2-3,7-8,10H2,1H3,(H,16,17). The van der Waals surface area contributed by atoms with Gasteiger partial charge in [-0.3, -0.25) is 0 Å². The van der Waals surface area contributed by atoms with E-state index < -0.39 is 11.5 Å². The molecule has 1 aromatic rings. The van der Waals surface area contributed by atoms with E-state index in [2.05, 4.69) is 5.32 Å². The number of nitrogens with one attached hydrogen (secondary N) is 1. The fourth-order valence-electron chi connectivity index (χ4n) is 2.55. The maximum Gasteiger partial charge on any atom is 0.329 e. The topological polar surface area (TPSA) is 58.6 Å². The molecule has 1 fully saturated rings. The molecule has 2 rings (SSSR count). The highest BCUT2D eigenvalue weighted by Crippen LogP contribution is 2.33. The van der Waals surface area contributed by atoms with Gasteiger partial charge in [0.05, 0.1) is 6.61 Å². The lowest BCUT2D eigenvalue weighted by molar-refractivity contribution is -0.142. The van der Waals surface area contributed by atoms with Crippen molar-refractivity contribution in [1.82, 2.24) is 0 Å². The van der Waals surface area contributed by atoms with E-state index in [-0.39, 0.29) is 0 Å². The minimum absolute atomic E-state index is 0.537. The van der Waals surface area contributed by atoms with Gasteiger partial charge in [-0.1, -0.05) is 25.0 Å². The number of hydrogen-bond donors (Lipinski definition) is 2. The number of carbonyl (C=O) groups is 1. The third kappa shape index (κ3) is 2.64. The van der Waals surface area contributed by atoms with Crippen LogP contribution < -0.4 is 5.32 Å². The van der Waals surface area contributed by atoms with Crippen molar-refractivity contribution in [2.75, 3.05) is 12.4 Å². The van der Waals surface area contributed by atoms with E-state index in [0.29, 0.717) is 19.4 Å². The molecule has 1 aliphatic rings. The number of rotatable bonds is 5. The summed E-state index contributed by atoms with van der Waals surface area (Å²) in [7, 11) is 1.65. The Hall–Kier alpha value is -1.55. The second-order valence-corrected chi connectivity index (χ2v) is 4.85. The van der Waals surface area contributed by atoms with Gasteiger partial charge in [-0.15, -0.1) is 0 Å². The monoisotopic (exact) mass is 249 g/mol. The first kappa shape index (κ1) is 12.9. The molecule has 1 saturated carbocycles. The summed E-state index contributed by atoms with van der Waals surface area (Å²) in [4.78, 5) is 11.5. The molecule has 18 heavy (non-hydrogen) atoms. The van der Waals surface area contributed by atoms with Crippen molar-refractivity contribution >= 4 is 11.7 Å². The van der Waals surface area contributed by atoms with Crippen molar-refractivity contribution in [2.45, 2.75) is 37.8 Å². The van der Waals surface area contributed by atoms with Crippen molar-refractivity contribution in [3.63, 3.8) is 0 Å². The van der Waals surface area contributed by atoms with Crippen LogP contribution in [-0.2, 0) is 16.1 Å². The van der Waals surface area contributed by atoms with Crippen molar-refractivity contribution in [3.8, 4) is 0 Å². The van der Waals surface area contributed by atoms with E-state index >= 15 is 0 Å². The lowest BCUT2D eigenvalue weighted by Crippen LogP contribution is -2.43. The largest absolute Gasteiger partial charge is 0.480 e. The fourth-order valence-corrected chi connectivity index (χ4v) is 2.55. The summed E-state index contributed by atoms with van der Waals surface area (Å²) < 4.78 is 5.08. The molecule has 98 valence electrons. The van der Waals surface area contributed by atoms with Crippen LogP contribution in [-0.4, -0.2) is 23.7 Å². The number of carboxylic acids is 1. The molecule has 0 unspecified atom stereocenters. The zero-order valence-corrected chi connectivity index (χ0v) is 10.6. The zero-order chi connectivity index (χ0) is 13.0. The Morgan fingerprint density at radius 1 is 1.44 bits per heavy atom. The van der Waals surface area contributed by atoms with Crippen LogP contribution in [0.5, 0.6) is 0 Å². The second kappa shape index (κ2) is 5.40. The van der Waals surface area contributed by atoms with Gasteiger partial charge in [0.15, 0.2) is 0 Å². The van der Waals surface area contributed by atoms with Crippen LogP contribution in [0.4, 0.5) is 5.69 Å². The summed E-state index contributed by atoms with van der Waals surface area (Å²) in [5, 5.41) is 12.6. The predicted octanol–water partition coefficient (Wildman–Crippen LogP) is 2.64. The predicted molar refractivity (Wildman–Crippen MR) is 69.6 cm³/mol. The number of ether oxygens (including phenoxy) is 1. The number of methoxy groups -OCH3 is 1. The number of hydrogen-bond acceptors (Lipinski definition) is 3. The van der Waals surface area contributed by atoms with Crippen LogP contribution in [0.25, 0.3) is 0 Å². The van der Waals surface area contributed by atoms with Crippen LogP contribution in [0.3, 0.4) is 0 Å². The smallest absolute Gasteiger partial charge is 0.329 e. The molecule has 4 nitrogen and oxygen atoms in total. The molecule has 4 heteroatoms. The zero-order valence-electron chi connectivity index (χ0n) is 10.6. The molecule has 2 N–H and O–H groups in total. The summed E-state index contributed by atoms with van der Waals surface area (Å²) >= 11 is 0. The quantitative estimate of drug-likeness (QED) is 0.842. The Morgan fingerprint density at radius 2 is 2.17 bits per heavy atom. The van der Waals surface area contributed by atoms with Gasteiger partial charge in [-0.25, -0.2) is 4.79 Å². The SMILES string of the molecule is COCc1cccc(NC2(C(=O)O)CCCC2)c1. The summed E-state index contributed by atoms with van der Waals surface area (Å²) in [6.45, 7) is 0.537. The van der Waals surface area contributed by atoms with Crippen LogP contribution >= 0.6 is 0 Å². The summed E-state index contributed by atoms with van der Waals surface area (Å²) in [5.41, 5.74) is 1.11. The van der Waals surface area contributed by atoms with Crippen molar-refractivity contribution in [3.05, 3.63) is 29.8 Å². The molecule has 0 aromatic heterocycles. The van der Waals surface area contributed by atoms with Crippen molar-refractivity contribution < 1.29 is 14.6 Å². The van der Waals surface area contributed by atoms with E-state index in [1.54, 1.807) is 7.11 Å². The second-order valence-electron chi connectivity index (χ2n) is 4.85. The van der Waals surface area contributed by atoms with E-state index in [1.165, 1.54) is 0 Å². The highest BCUT2D eigenvalue weighted by Gasteiger charge is 2.41. The first-order valence-electron chi connectivity index (χ1n) is 6.26. The Bertz CT molecular complexity index is 425. The third-order valence-electron chi connectivity index (χ3n) is 3.49. The molecule has 0 aliphatic heterocycles. The lowest BCUT2D eigenvalue weighted by atomic mass is 9.97. The molecule has 1 aliphatic carbocycles. The minimum Gasteiger partial charge on any atom is -0.480 e. The highest BCUT2D eigenvalue weighted by atomic mass is 16.5. The number of carboxylic acid groups (broad SMARTS) is 1. The number of aliphatic carboxylic acids is 1. The molecule has 0 heterocycles. The minimum atomic E-state index is -0.786. The van der Waals surface area contributed by atoms with E-state index in [1.807, 2.05) is 24.3 Å². The van der Waals surface area contributed by atoms with Crippen LogP contribution in [0.1, 0.15) is 31.2 Å². The van der Waals surface area contributed by atoms with Gasteiger partial charge in [0.25, 0.3) is 0 Å². The molecule has 0 radical (unpaired) electrons. The van der Waals surface area contributed by atoms with Gasteiger partial charge in [-0.2, -0.15) is 0 Å². The molecule has 0 saturated heterocycles. The van der Waals surface area contributed by atoms with Gasteiger partial charge in [0.2, 0.25) is 0 Å². The van der Waals surface area contributed by atoms with Crippen LogP contribution in [0, 0.1) is 0 Å². The summed E-state index contributed by atoms with van der Waals surface area (Å²) in [6.07, 6.45) is 3.32. The maximum absolute atomic E-state index is 11.5. The summed E-state index contributed by atoms with van der Waals surface area (Å²) in [6, 6.07) is 7.74. The normalized spacial score (nSPS) is 17.6. The Morgan fingerprint density at radius 3 is 2.78 bits per heavy atom. The molecular formula is C14H19NO3. The number of anilines is 1. The van der Waals surface area contributed by atoms with Crippen molar-refractivity contribution in [1.29, 1.82) is 0 Å². The summed E-state index contributed by atoms with van der Waals surface area (Å²) in [5.74, 6) is -0.753. The average molecular weight is 249 g/mol.